The summed E-state index contributed by atoms with van der Waals surface area (Å²) in [6.07, 6.45) is 7.04. The van der Waals surface area contributed by atoms with Crippen LogP contribution in [0.1, 0.15) is 44.1 Å². The lowest BCUT2D eigenvalue weighted by Crippen LogP contribution is -2.22. The van der Waals surface area contributed by atoms with E-state index in [1.165, 1.54) is 31.2 Å². The molecule has 0 aromatic heterocycles. The van der Waals surface area contributed by atoms with Gasteiger partial charge in [-0.2, -0.15) is 0 Å². The van der Waals surface area contributed by atoms with Crippen LogP contribution in [-0.2, 0) is 11.3 Å². The minimum atomic E-state index is 0. The standard InChI is InChI=1S/C16H24N2O.ClH/c1-17-12-13-8-10-15(11-9-13)18-16(19)14-6-4-2-3-5-7-14;/h8-11,14,17H,2-7,12H2,1H3,(H,18,19);1H. The molecule has 0 unspecified atom stereocenters. The van der Waals surface area contributed by atoms with Gasteiger partial charge in [0.2, 0.25) is 5.91 Å². The summed E-state index contributed by atoms with van der Waals surface area (Å²) in [6, 6.07) is 8.08. The molecular weight excluding hydrogens is 272 g/mol. The summed E-state index contributed by atoms with van der Waals surface area (Å²) >= 11 is 0. The third kappa shape index (κ3) is 5.14. The first-order valence-corrected chi connectivity index (χ1v) is 7.34. The third-order valence-corrected chi connectivity index (χ3v) is 3.83. The predicted octanol–water partition coefficient (Wildman–Crippen LogP) is 3.74. The molecule has 0 atom stereocenters. The first-order valence-electron chi connectivity index (χ1n) is 7.34. The average Bonchev–Trinajstić information content (AvgIpc) is 2.70. The van der Waals surface area contributed by atoms with Gasteiger partial charge in [-0.15, -0.1) is 12.4 Å². The molecule has 2 rings (SSSR count). The van der Waals surface area contributed by atoms with Gasteiger partial charge < -0.3 is 10.6 Å². The highest BCUT2D eigenvalue weighted by Crippen LogP contribution is 2.24. The van der Waals surface area contributed by atoms with Crippen molar-refractivity contribution in [1.29, 1.82) is 0 Å². The Labute approximate surface area is 127 Å². The van der Waals surface area contributed by atoms with Gasteiger partial charge in [0.1, 0.15) is 0 Å². The van der Waals surface area contributed by atoms with E-state index in [1.807, 2.05) is 19.2 Å². The van der Waals surface area contributed by atoms with Crippen molar-refractivity contribution in [2.45, 2.75) is 45.1 Å². The van der Waals surface area contributed by atoms with Gasteiger partial charge in [0.15, 0.2) is 0 Å². The van der Waals surface area contributed by atoms with Crippen LogP contribution < -0.4 is 10.6 Å². The van der Waals surface area contributed by atoms with Crippen molar-refractivity contribution in [3.63, 3.8) is 0 Å². The summed E-state index contributed by atoms with van der Waals surface area (Å²) < 4.78 is 0. The second-order valence-electron chi connectivity index (χ2n) is 5.40. The highest BCUT2D eigenvalue weighted by Gasteiger charge is 2.19. The van der Waals surface area contributed by atoms with Gasteiger partial charge in [-0.3, -0.25) is 4.79 Å². The summed E-state index contributed by atoms with van der Waals surface area (Å²) in [7, 11) is 1.93. The van der Waals surface area contributed by atoms with E-state index >= 15 is 0 Å². The number of anilines is 1. The van der Waals surface area contributed by atoms with E-state index in [2.05, 4.69) is 22.8 Å². The summed E-state index contributed by atoms with van der Waals surface area (Å²) in [5, 5.41) is 6.16. The molecule has 0 saturated heterocycles. The van der Waals surface area contributed by atoms with Gasteiger partial charge in [0.25, 0.3) is 0 Å². The first kappa shape index (κ1) is 17.0. The number of nitrogens with one attached hydrogen (secondary N) is 2. The minimum Gasteiger partial charge on any atom is -0.326 e. The Balaban J connectivity index is 0.00000200. The van der Waals surface area contributed by atoms with Gasteiger partial charge in [0.05, 0.1) is 0 Å². The Hall–Kier alpha value is -1.06. The molecule has 1 aliphatic carbocycles. The van der Waals surface area contributed by atoms with E-state index in [0.29, 0.717) is 0 Å². The monoisotopic (exact) mass is 296 g/mol. The van der Waals surface area contributed by atoms with Gasteiger partial charge in [-0.05, 0) is 37.6 Å². The maximum absolute atomic E-state index is 12.2. The quantitative estimate of drug-likeness (QED) is 0.831. The average molecular weight is 297 g/mol. The lowest BCUT2D eigenvalue weighted by Gasteiger charge is -2.14. The van der Waals surface area contributed by atoms with Crippen LogP contribution >= 0.6 is 12.4 Å². The molecule has 0 heterocycles. The number of hydrogen-bond acceptors (Lipinski definition) is 2. The number of carbonyl (C=O) groups is 1. The SMILES string of the molecule is CNCc1ccc(NC(=O)C2CCCCCC2)cc1.Cl. The molecule has 0 bridgehead atoms. The van der Waals surface area contributed by atoms with Gasteiger partial charge >= 0.3 is 0 Å². The maximum atomic E-state index is 12.2. The highest BCUT2D eigenvalue weighted by molar-refractivity contribution is 5.92. The highest BCUT2D eigenvalue weighted by atomic mass is 35.5. The van der Waals surface area contributed by atoms with Crippen LogP contribution in [0.25, 0.3) is 0 Å². The largest absolute Gasteiger partial charge is 0.326 e. The van der Waals surface area contributed by atoms with Crippen LogP contribution in [0.5, 0.6) is 0 Å². The minimum absolute atomic E-state index is 0. The van der Waals surface area contributed by atoms with Crippen molar-refractivity contribution < 1.29 is 4.79 Å². The van der Waals surface area contributed by atoms with E-state index in [4.69, 9.17) is 0 Å². The van der Waals surface area contributed by atoms with E-state index in [9.17, 15) is 4.79 Å². The van der Waals surface area contributed by atoms with Crippen LogP contribution in [0.3, 0.4) is 0 Å². The van der Waals surface area contributed by atoms with Crippen molar-refractivity contribution in [1.82, 2.24) is 5.32 Å². The molecule has 1 saturated carbocycles. The van der Waals surface area contributed by atoms with E-state index in [1.54, 1.807) is 0 Å². The molecular formula is C16H25ClN2O. The molecule has 1 aliphatic rings. The van der Waals surface area contributed by atoms with Crippen LogP contribution in [0.15, 0.2) is 24.3 Å². The van der Waals surface area contributed by atoms with Gasteiger partial charge in [-0.1, -0.05) is 37.8 Å². The molecule has 1 aromatic carbocycles. The van der Waals surface area contributed by atoms with Gasteiger partial charge in [-0.25, -0.2) is 0 Å². The van der Waals surface area contributed by atoms with Crippen molar-refractivity contribution in [3.8, 4) is 0 Å². The number of benzene rings is 1. The molecule has 0 aliphatic heterocycles. The Morgan fingerprint density at radius 1 is 1.10 bits per heavy atom. The zero-order valence-corrected chi connectivity index (χ0v) is 13.0. The zero-order valence-electron chi connectivity index (χ0n) is 12.2. The smallest absolute Gasteiger partial charge is 0.227 e. The summed E-state index contributed by atoms with van der Waals surface area (Å²) in [4.78, 5) is 12.2. The number of hydrogen-bond donors (Lipinski definition) is 2. The molecule has 20 heavy (non-hydrogen) atoms. The summed E-state index contributed by atoms with van der Waals surface area (Å²) in [5.41, 5.74) is 2.14. The van der Waals surface area contributed by atoms with Crippen LogP contribution in [0.4, 0.5) is 5.69 Å². The van der Waals surface area contributed by atoms with Crippen LogP contribution in [0, 0.1) is 5.92 Å². The number of halogens is 1. The fourth-order valence-electron chi connectivity index (χ4n) is 2.70. The van der Waals surface area contributed by atoms with E-state index in [0.717, 1.165) is 25.1 Å². The Morgan fingerprint density at radius 3 is 2.25 bits per heavy atom. The molecule has 0 spiro atoms. The molecule has 1 amide bonds. The number of rotatable bonds is 4. The molecule has 3 nitrogen and oxygen atoms in total. The number of amides is 1. The second kappa shape index (κ2) is 8.98. The molecule has 4 heteroatoms. The molecule has 1 aromatic rings. The van der Waals surface area contributed by atoms with E-state index in [-0.39, 0.29) is 24.2 Å². The summed E-state index contributed by atoms with van der Waals surface area (Å²) in [5.74, 6) is 0.405. The van der Waals surface area contributed by atoms with Crippen molar-refractivity contribution in [2.24, 2.45) is 5.92 Å². The summed E-state index contributed by atoms with van der Waals surface area (Å²) in [6.45, 7) is 0.858. The first-order chi connectivity index (χ1) is 9.29. The molecule has 112 valence electrons. The van der Waals surface area contributed by atoms with Crippen molar-refractivity contribution in [2.75, 3.05) is 12.4 Å². The van der Waals surface area contributed by atoms with Crippen molar-refractivity contribution >= 4 is 24.0 Å². The fourth-order valence-corrected chi connectivity index (χ4v) is 2.70. The Morgan fingerprint density at radius 2 is 1.70 bits per heavy atom. The fraction of sp³-hybridized carbons (Fsp3) is 0.562. The lowest BCUT2D eigenvalue weighted by atomic mass is 9.99. The third-order valence-electron chi connectivity index (χ3n) is 3.83. The number of carbonyl (C=O) groups excluding carboxylic acids is 1. The Kier molecular flexibility index (Phi) is 7.63. The topological polar surface area (TPSA) is 41.1 Å². The van der Waals surface area contributed by atoms with Gasteiger partial charge in [0, 0.05) is 18.2 Å². The van der Waals surface area contributed by atoms with Crippen molar-refractivity contribution in [3.05, 3.63) is 29.8 Å². The van der Waals surface area contributed by atoms with E-state index < -0.39 is 0 Å². The molecule has 1 fully saturated rings. The normalized spacial score (nSPS) is 16.1. The predicted molar refractivity (Wildman–Crippen MR) is 86.3 cm³/mol. The lowest BCUT2D eigenvalue weighted by molar-refractivity contribution is -0.120. The molecule has 0 radical (unpaired) electrons. The van der Waals surface area contributed by atoms with Crippen LogP contribution in [-0.4, -0.2) is 13.0 Å². The molecule has 2 N–H and O–H groups in total. The van der Waals surface area contributed by atoms with Crippen LogP contribution in [0.2, 0.25) is 0 Å². The zero-order chi connectivity index (χ0) is 13.5. The maximum Gasteiger partial charge on any atom is 0.227 e. The Bertz CT molecular complexity index is 397. The second-order valence-corrected chi connectivity index (χ2v) is 5.40.